The minimum atomic E-state index is -1.34. The number of ether oxygens (including phenoxy) is 1. The molecule has 0 aliphatic carbocycles. The molecule has 0 aliphatic heterocycles. The Kier molecular flexibility index (Phi) is 6.55. The third kappa shape index (κ3) is 8.78. The third-order valence-corrected chi connectivity index (χ3v) is 2.59. The first kappa shape index (κ1) is 12.7. The van der Waals surface area contributed by atoms with Crippen LogP contribution in [-0.4, -0.2) is 21.5 Å². The van der Waals surface area contributed by atoms with Crippen LogP contribution in [0.25, 0.3) is 0 Å². The molecular formula is C6H9Cl3O2S. The largest absolute Gasteiger partial charge is 0.466 e. The lowest BCUT2D eigenvalue weighted by Crippen LogP contribution is -2.06. The molecule has 0 atom stereocenters. The highest BCUT2D eigenvalue weighted by Gasteiger charge is 2.20. The molecule has 2 nitrogen and oxygen atoms in total. The molecule has 0 saturated carbocycles. The van der Waals surface area contributed by atoms with E-state index in [2.05, 4.69) is 4.74 Å². The molecule has 0 fully saturated rings. The number of alkyl halides is 3. The van der Waals surface area contributed by atoms with Gasteiger partial charge in [0.1, 0.15) is 0 Å². The third-order valence-electron chi connectivity index (χ3n) is 0.877. The highest BCUT2D eigenvalue weighted by atomic mass is 35.6. The Labute approximate surface area is 90.9 Å². The predicted molar refractivity (Wildman–Crippen MR) is 54.0 cm³/mol. The fourth-order valence-corrected chi connectivity index (χ4v) is 1.68. The fourth-order valence-electron chi connectivity index (χ4n) is 0.483. The number of hydrogen-bond acceptors (Lipinski definition) is 3. The molecule has 0 bridgehead atoms. The van der Waals surface area contributed by atoms with E-state index < -0.39 is 3.12 Å². The van der Waals surface area contributed by atoms with E-state index in [0.29, 0.717) is 12.4 Å². The van der Waals surface area contributed by atoms with Crippen LogP contribution in [0.2, 0.25) is 0 Å². The average molecular weight is 252 g/mol. The number of thioether (sulfide) groups is 1. The molecular weight excluding hydrogens is 242 g/mol. The van der Waals surface area contributed by atoms with Crippen molar-refractivity contribution in [2.45, 2.75) is 16.5 Å². The maximum atomic E-state index is 10.8. The zero-order valence-electron chi connectivity index (χ0n) is 6.48. The van der Waals surface area contributed by atoms with Crippen molar-refractivity contribution in [3.8, 4) is 0 Å². The molecule has 0 N–H and O–H groups in total. The standard InChI is InChI=1S/C6H9Cl3O2S/c1-2-11-5(10)3-4-12-6(7,8)9/h2-4H2,1H3. The molecule has 6 heteroatoms. The van der Waals surface area contributed by atoms with Crippen molar-refractivity contribution >= 4 is 52.5 Å². The van der Waals surface area contributed by atoms with Gasteiger partial charge in [-0.1, -0.05) is 34.8 Å². The van der Waals surface area contributed by atoms with Gasteiger partial charge >= 0.3 is 5.97 Å². The van der Waals surface area contributed by atoms with E-state index in [-0.39, 0.29) is 12.4 Å². The van der Waals surface area contributed by atoms with Crippen LogP contribution in [0.4, 0.5) is 0 Å². The van der Waals surface area contributed by atoms with Crippen molar-refractivity contribution in [3.63, 3.8) is 0 Å². The highest BCUT2D eigenvalue weighted by molar-refractivity contribution is 8.04. The Bertz CT molecular complexity index is 146. The van der Waals surface area contributed by atoms with Crippen LogP contribution in [-0.2, 0) is 9.53 Å². The van der Waals surface area contributed by atoms with Gasteiger partial charge in [-0.25, -0.2) is 0 Å². The minimum absolute atomic E-state index is 0.265. The zero-order chi connectivity index (χ0) is 9.61. The van der Waals surface area contributed by atoms with Gasteiger partial charge in [-0.2, -0.15) is 0 Å². The first-order chi connectivity index (χ1) is 5.45. The normalized spacial score (nSPS) is 11.3. The second-order valence-electron chi connectivity index (χ2n) is 1.85. The minimum Gasteiger partial charge on any atom is -0.466 e. The monoisotopic (exact) mass is 250 g/mol. The van der Waals surface area contributed by atoms with Crippen LogP contribution in [0.1, 0.15) is 13.3 Å². The van der Waals surface area contributed by atoms with Gasteiger partial charge in [0.05, 0.1) is 13.0 Å². The van der Waals surface area contributed by atoms with E-state index in [1.54, 1.807) is 6.92 Å². The Morgan fingerprint density at radius 2 is 2.08 bits per heavy atom. The van der Waals surface area contributed by atoms with E-state index in [1.807, 2.05) is 0 Å². The van der Waals surface area contributed by atoms with Crippen LogP contribution in [0.3, 0.4) is 0 Å². The summed E-state index contributed by atoms with van der Waals surface area (Å²) in [7, 11) is 0. The van der Waals surface area contributed by atoms with Crippen molar-refractivity contribution in [1.82, 2.24) is 0 Å². The van der Waals surface area contributed by atoms with Crippen molar-refractivity contribution < 1.29 is 9.53 Å². The Morgan fingerprint density at radius 3 is 2.50 bits per heavy atom. The number of hydrogen-bond donors (Lipinski definition) is 0. The molecule has 12 heavy (non-hydrogen) atoms. The first-order valence-electron chi connectivity index (χ1n) is 3.32. The lowest BCUT2D eigenvalue weighted by molar-refractivity contribution is -0.142. The average Bonchev–Trinajstić information content (AvgIpc) is 1.84. The lowest BCUT2D eigenvalue weighted by atomic mass is 10.5. The van der Waals surface area contributed by atoms with Crippen molar-refractivity contribution in [3.05, 3.63) is 0 Å². The molecule has 0 amide bonds. The summed E-state index contributed by atoms with van der Waals surface area (Å²) in [5.41, 5.74) is 0. The van der Waals surface area contributed by atoms with E-state index in [1.165, 1.54) is 0 Å². The van der Waals surface area contributed by atoms with Gasteiger partial charge < -0.3 is 4.74 Å². The second-order valence-corrected chi connectivity index (χ2v) is 6.11. The van der Waals surface area contributed by atoms with Crippen LogP contribution >= 0.6 is 46.6 Å². The van der Waals surface area contributed by atoms with Gasteiger partial charge in [0.2, 0.25) is 3.12 Å². The van der Waals surface area contributed by atoms with Crippen LogP contribution in [0.5, 0.6) is 0 Å². The molecule has 0 aromatic carbocycles. The van der Waals surface area contributed by atoms with E-state index in [0.717, 1.165) is 11.8 Å². The van der Waals surface area contributed by atoms with Crippen molar-refractivity contribution in [1.29, 1.82) is 0 Å². The van der Waals surface area contributed by atoms with Crippen LogP contribution < -0.4 is 0 Å². The smallest absolute Gasteiger partial charge is 0.306 e. The summed E-state index contributed by atoms with van der Waals surface area (Å²) in [6.45, 7) is 2.14. The molecule has 0 spiro atoms. The Balaban J connectivity index is 3.37. The van der Waals surface area contributed by atoms with Gasteiger partial charge in [-0.15, -0.1) is 11.8 Å². The van der Waals surface area contributed by atoms with Gasteiger partial charge in [-0.05, 0) is 6.92 Å². The summed E-state index contributed by atoms with van der Waals surface area (Å²) in [6, 6.07) is 0. The maximum Gasteiger partial charge on any atom is 0.306 e. The Hall–Kier alpha value is 0.690. The topological polar surface area (TPSA) is 26.3 Å². The molecule has 0 radical (unpaired) electrons. The molecule has 0 rings (SSSR count). The number of carbonyl (C=O) groups is 1. The summed E-state index contributed by atoms with van der Waals surface area (Å²) in [5, 5.41) is 0. The molecule has 72 valence electrons. The summed E-state index contributed by atoms with van der Waals surface area (Å²) in [6.07, 6.45) is 0.270. The second kappa shape index (κ2) is 6.19. The van der Waals surface area contributed by atoms with Gasteiger partial charge in [0.15, 0.2) is 0 Å². The van der Waals surface area contributed by atoms with Gasteiger partial charge in [0, 0.05) is 5.75 Å². The van der Waals surface area contributed by atoms with Crippen LogP contribution in [0.15, 0.2) is 0 Å². The molecule has 0 aromatic rings. The number of halogens is 3. The van der Waals surface area contributed by atoms with Crippen molar-refractivity contribution in [2.24, 2.45) is 0 Å². The summed E-state index contributed by atoms with van der Waals surface area (Å²) in [5.74, 6) is 0.189. The van der Waals surface area contributed by atoms with E-state index >= 15 is 0 Å². The summed E-state index contributed by atoms with van der Waals surface area (Å²) >= 11 is 17.4. The zero-order valence-corrected chi connectivity index (χ0v) is 9.56. The van der Waals surface area contributed by atoms with E-state index in [4.69, 9.17) is 34.8 Å². The summed E-state index contributed by atoms with van der Waals surface area (Å²) < 4.78 is 3.33. The van der Waals surface area contributed by atoms with Crippen molar-refractivity contribution in [2.75, 3.05) is 12.4 Å². The first-order valence-corrected chi connectivity index (χ1v) is 5.44. The number of carbonyl (C=O) groups excluding carboxylic acids is 1. The van der Waals surface area contributed by atoms with Gasteiger partial charge in [-0.3, -0.25) is 4.79 Å². The van der Waals surface area contributed by atoms with Crippen LogP contribution in [0, 0.1) is 0 Å². The molecule has 0 saturated heterocycles. The van der Waals surface area contributed by atoms with Gasteiger partial charge in [0.25, 0.3) is 0 Å². The lowest BCUT2D eigenvalue weighted by Gasteiger charge is -2.08. The number of esters is 1. The number of rotatable bonds is 4. The quantitative estimate of drug-likeness (QED) is 0.567. The molecule has 0 aliphatic rings. The SMILES string of the molecule is CCOC(=O)CCSC(Cl)(Cl)Cl. The van der Waals surface area contributed by atoms with E-state index in [9.17, 15) is 4.79 Å². The molecule has 0 heterocycles. The molecule has 0 aromatic heterocycles. The summed E-state index contributed by atoms with van der Waals surface area (Å²) in [4.78, 5) is 10.8. The fraction of sp³-hybridized carbons (Fsp3) is 0.833. The Morgan fingerprint density at radius 1 is 1.50 bits per heavy atom. The highest BCUT2D eigenvalue weighted by Crippen LogP contribution is 2.38. The predicted octanol–water partition coefficient (Wildman–Crippen LogP) is 3.00. The molecule has 0 unspecified atom stereocenters. The maximum absolute atomic E-state index is 10.8.